The molecule has 0 spiro atoms. The number of anilines is 1. The van der Waals surface area contributed by atoms with Gasteiger partial charge in [0.1, 0.15) is 0 Å². The Morgan fingerprint density at radius 2 is 2.05 bits per heavy atom. The van der Waals surface area contributed by atoms with Crippen LogP contribution in [-0.2, 0) is 9.59 Å². The quantitative estimate of drug-likeness (QED) is 0.716. The zero-order chi connectivity index (χ0) is 15.1. The topological polar surface area (TPSA) is 78.4 Å². The average Bonchev–Trinajstić information content (AvgIpc) is 2.41. The second-order valence-electron chi connectivity index (χ2n) is 4.53. The summed E-state index contributed by atoms with van der Waals surface area (Å²) in [5.41, 5.74) is 1.60. The number of hydrogen-bond acceptors (Lipinski definition) is 3. The van der Waals surface area contributed by atoms with E-state index in [1.807, 2.05) is 26.0 Å². The number of carbonyl (C=O) groups excluding carboxylic acids is 2. The Hall–Kier alpha value is -1.40. The molecule has 0 heterocycles. The molecule has 0 aliphatic rings. The van der Waals surface area contributed by atoms with Gasteiger partial charge in [-0.05, 0) is 53.4 Å². The number of aliphatic hydroxyl groups excluding tert-OH is 1. The number of amides is 2. The maximum atomic E-state index is 11.8. The molecule has 0 radical (unpaired) electrons. The van der Waals surface area contributed by atoms with Gasteiger partial charge in [0, 0.05) is 17.1 Å². The van der Waals surface area contributed by atoms with Crippen LogP contribution in [0, 0.1) is 6.92 Å². The van der Waals surface area contributed by atoms with Crippen molar-refractivity contribution in [1.82, 2.24) is 5.32 Å². The lowest BCUT2D eigenvalue weighted by atomic mass is 10.1. The minimum absolute atomic E-state index is 0.0239. The Bertz CT molecular complexity index is 491. The van der Waals surface area contributed by atoms with E-state index in [1.165, 1.54) is 0 Å². The van der Waals surface area contributed by atoms with E-state index >= 15 is 0 Å². The van der Waals surface area contributed by atoms with Gasteiger partial charge < -0.3 is 15.7 Å². The Kier molecular flexibility index (Phi) is 6.67. The molecule has 0 saturated heterocycles. The summed E-state index contributed by atoms with van der Waals surface area (Å²) < 4.78 is 0.723. The van der Waals surface area contributed by atoms with Gasteiger partial charge in [-0.2, -0.15) is 0 Å². The van der Waals surface area contributed by atoms with Crippen LogP contribution >= 0.6 is 15.9 Å². The lowest BCUT2D eigenvalue weighted by molar-refractivity contribution is -0.136. The molecule has 0 bridgehead atoms. The molecule has 3 N–H and O–H groups in total. The van der Waals surface area contributed by atoms with Crippen LogP contribution in [0.4, 0.5) is 5.69 Å². The van der Waals surface area contributed by atoms with Crippen LogP contribution in [0.3, 0.4) is 0 Å². The summed E-state index contributed by atoms with van der Waals surface area (Å²) in [7, 11) is 0. The summed E-state index contributed by atoms with van der Waals surface area (Å²) in [6, 6.07) is 5.24. The molecule has 0 aromatic heterocycles. The number of benzene rings is 1. The van der Waals surface area contributed by atoms with Gasteiger partial charge in [0.2, 0.25) is 0 Å². The molecule has 1 atom stereocenters. The molecule has 1 aromatic rings. The standard InChI is InChI=1S/C14H19BrN2O3/c1-3-10(6-7-18)16-13(19)14(20)17-12-5-4-9(2)8-11(12)15/h4-5,8,10,18H,3,6-7H2,1-2H3,(H,16,19)(H,17,20). The molecule has 1 aromatic carbocycles. The number of carbonyl (C=O) groups is 2. The van der Waals surface area contributed by atoms with Crippen LogP contribution < -0.4 is 10.6 Å². The van der Waals surface area contributed by atoms with Crippen LogP contribution in [0.15, 0.2) is 22.7 Å². The number of rotatable bonds is 5. The highest BCUT2D eigenvalue weighted by atomic mass is 79.9. The van der Waals surface area contributed by atoms with Gasteiger partial charge in [-0.25, -0.2) is 0 Å². The molecule has 0 aliphatic heterocycles. The summed E-state index contributed by atoms with van der Waals surface area (Å²) in [6.07, 6.45) is 1.09. The first kappa shape index (κ1) is 16.7. The SMILES string of the molecule is CCC(CCO)NC(=O)C(=O)Nc1ccc(C)cc1Br. The van der Waals surface area contributed by atoms with Crippen LogP contribution in [0.5, 0.6) is 0 Å². The maximum Gasteiger partial charge on any atom is 0.313 e. The first-order chi connectivity index (χ1) is 9.47. The van der Waals surface area contributed by atoms with Gasteiger partial charge in [0.25, 0.3) is 0 Å². The van der Waals surface area contributed by atoms with Gasteiger partial charge in [-0.15, -0.1) is 0 Å². The summed E-state index contributed by atoms with van der Waals surface area (Å²) in [4.78, 5) is 23.5. The van der Waals surface area contributed by atoms with Crippen LogP contribution in [0.25, 0.3) is 0 Å². The fraction of sp³-hybridized carbons (Fsp3) is 0.429. The molecule has 0 fully saturated rings. The van der Waals surface area contributed by atoms with Crippen LogP contribution in [0.1, 0.15) is 25.3 Å². The predicted molar refractivity (Wildman–Crippen MR) is 81.4 cm³/mol. The molecule has 20 heavy (non-hydrogen) atoms. The third-order valence-corrected chi connectivity index (χ3v) is 3.54. The number of nitrogens with one attached hydrogen (secondary N) is 2. The predicted octanol–water partition coefficient (Wildman–Crippen LogP) is 1.97. The average molecular weight is 343 g/mol. The molecule has 6 heteroatoms. The van der Waals surface area contributed by atoms with Crippen molar-refractivity contribution in [3.63, 3.8) is 0 Å². The van der Waals surface area contributed by atoms with Crippen molar-refractivity contribution >= 4 is 33.4 Å². The Morgan fingerprint density at radius 1 is 1.35 bits per heavy atom. The Balaban J connectivity index is 2.63. The molecule has 0 saturated carbocycles. The largest absolute Gasteiger partial charge is 0.396 e. The highest BCUT2D eigenvalue weighted by molar-refractivity contribution is 9.10. The Labute approximate surface area is 126 Å². The second kappa shape index (κ2) is 8.01. The summed E-state index contributed by atoms with van der Waals surface area (Å²) >= 11 is 3.33. The van der Waals surface area contributed by atoms with E-state index in [0.717, 1.165) is 10.0 Å². The van der Waals surface area contributed by atoms with E-state index in [-0.39, 0.29) is 12.6 Å². The molecule has 0 aliphatic carbocycles. The number of hydrogen-bond donors (Lipinski definition) is 3. The molecular weight excluding hydrogens is 324 g/mol. The van der Waals surface area contributed by atoms with Gasteiger partial charge in [0.05, 0.1) is 5.69 Å². The molecule has 1 rings (SSSR count). The van der Waals surface area contributed by atoms with E-state index in [0.29, 0.717) is 18.5 Å². The van der Waals surface area contributed by atoms with Crippen LogP contribution in [-0.4, -0.2) is 29.6 Å². The zero-order valence-electron chi connectivity index (χ0n) is 11.6. The van der Waals surface area contributed by atoms with E-state index in [2.05, 4.69) is 26.6 Å². The van der Waals surface area contributed by atoms with Crippen LogP contribution in [0.2, 0.25) is 0 Å². The monoisotopic (exact) mass is 342 g/mol. The summed E-state index contributed by atoms with van der Waals surface area (Å²) in [6.45, 7) is 3.79. The van der Waals surface area contributed by atoms with Gasteiger partial charge in [0.15, 0.2) is 0 Å². The molecule has 2 amide bonds. The lowest BCUT2D eigenvalue weighted by Crippen LogP contribution is -2.42. The van der Waals surface area contributed by atoms with Crippen molar-refractivity contribution in [3.8, 4) is 0 Å². The summed E-state index contributed by atoms with van der Waals surface area (Å²) in [5, 5.41) is 14.0. The second-order valence-corrected chi connectivity index (χ2v) is 5.38. The first-order valence-electron chi connectivity index (χ1n) is 6.46. The molecule has 5 nitrogen and oxygen atoms in total. The third-order valence-electron chi connectivity index (χ3n) is 2.88. The molecule has 1 unspecified atom stereocenters. The number of aryl methyl sites for hydroxylation is 1. The van der Waals surface area contributed by atoms with Crippen molar-refractivity contribution in [2.75, 3.05) is 11.9 Å². The highest BCUT2D eigenvalue weighted by Gasteiger charge is 2.18. The molecule has 110 valence electrons. The van der Waals surface area contributed by atoms with Crippen molar-refractivity contribution < 1.29 is 14.7 Å². The smallest absolute Gasteiger partial charge is 0.313 e. The van der Waals surface area contributed by atoms with Gasteiger partial charge in [-0.3, -0.25) is 9.59 Å². The van der Waals surface area contributed by atoms with Gasteiger partial charge in [-0.1, -0.05) is 13.0 Å². The van der Waals surface area contributed by atoms with E-state index < -0.39 is 11.8 Å². The first-order valence-corrected chi connectivity index (χ1v) is 7.26. The van der Waals surface area contributed by atoms with Crippen molar-refractivity contribution in [2.45, 2.75) is 32.7 Å². The van der Waals surface area contributed by atoms with E-state index in [9.17, 15) is 9.59 Å². The third kappa shape index (κ3) is 4.94. The van der Waals surface area contributed by atoms with Gasteiger partial charge >= 0.3 is 11.8 Å². The molecular formula is C14H19BrN2O3. The fourth-order valence-electron chi connectivity index (χ4n) is 1.69. The minimum atomic E-state index is -0.717. The van der Waals surface area contributed by atoms with E-state index in [4.69, 9.17) is 5.11 Å². The van der Waals surface area contributed by atoms with Crippen molar-refractivity contribution in [1.29, 1.82) is 0 Å². The lowest BCUT2D eigenvalue weighted by Gasteiger charge is -2.15. The number of aliphatic hydroxyl groups is 1. The zero-order valence-corrected chi connectivity index (χ0v) is 13.2. The summed E-state index contributed by atoms with van der Waals surface area (Å²) in [5.74, 6) is -1.41. The number of halogens is 1. The normalized spacial score (nSPS) is 11.8. The minimum Gasteiger partial charge on any atom is -0.396 e. The Morgan fingerprint density at radius 3 is 2.60 bits per heavy atom. The van der Waals surface area contributed by atoms with Crippen molar-refractivity contribution in [3.05, 3.63) is 28.2 Å². The van der Waals surface area contributed by atoms with Crippen molar-refractivity contribution in [2.24, 2.45) is 0 Å². The maximum absolute atomic E-state index is 11.8. The fourth-order valence-corrected chi connectivity index (χ4v) is 2.28. The highest BCUT2D eigenvalue weighted by Crippen LogP contribution is 2.23. The van der Waals surface area contributed by atoms with E-state index in [1.54, 1.807) is 6.07 Å².